The Morgan fingerprint density at radius 3 is 1.46 bits per heavy atom. The zero-order chi connectivity index (χ0) is 61.9. The first-order valence-corrected chi connectivity index (χ1v) is 32.6. The number of carbonyl (C=O) groups is 4. The highest BCUT2D eigenvalue weighted by molar-refractivity contribution is 7.92. The number of aromatic nitrogens is 6. The summed E-state index contributed by atoms with van der Waals surface area (Å²) in [4.78, 5) is 65.6. The molecular weight excluding hydrogens is 1200 g/mol. The van der Waals surface area contributed by atoms with Crippen molar-refractivity contribution >= 4 is 96.5 Å². The van der Waals surface area contributed by atoms with E-state index in [1.807, 2.05) is 93.8 Å². The minimum Gasteiger partial charge on any atom is -0.444 e. The van der Waals surface area contributed by atoms with Crippen molar-refractivity contribution in [2.75, 3.05) is 66.1 Å². The number of rotatable bonds is 11. The van der Waals surface area contributed by atoms with Crippen molar-refractivity contribution in [3.8, 4) is 0 Å². The highest BCUT2D eigenvalue weighted by Crippen LogP contribution is 2.36. The molecule has 4 aliphatic rings. The molecular formula is C59H84Cl2N14O10S2. The second kappa shape index (κ2) is 28.0. The molecule has 0 bridgehead atoms. The van der Waals surface area contributed by atoms with Crippen molar-refractivity contribution in [3.63, 3.8) is 0 Å². The lowest BCUT2D eigenvalue weighted by Gasteiger charge is -2.41. The predicted octanol–water partition coefficient (Wildman–Crippen LogP) is 9.08. The van der Waals surface area contributed by atoms with E-state index in [9.17, 15) is 36.0 Å². The summed E-state index contributed by atoms with van der Waals surface area (Å²) >= 11 is 6.15. The van der Waals surface area contributed by atoms with Crippen molar-refractivity contribution in [1.29, 1.82) is 0 Å². The van der Waals surface area contributed by atoms with Crippen LogP contribution in [0.3, 0.4) is 0 Å². The summed E-state index contributed by atoms with van der Waals surface area (Å²) in [5.41, 5.74) is 6.52. The molecule has 8 heterocycles. The summed E-state index contributed by atoms with van der Waals surface area (Å²) in [5, 5.41) is 18.6. The minimum absolute atomic E-state index is 0. The van der Waals surface area contributed by atoms with Crippen LogP contribution in [-0.4, -0.2) is 155 Å². The van der Waals surface area contributed by atoms with Gasteiger partial charge in [-0.1, -0.05) is 42.3 Å². The maximum atomic E-state index is 13.9. The predicted molar refractivity (Wildman–Crippen MR) is 340 cm³/mol. The SMILES string of the molecule is C.CC(C)(C)OC(=O)NC1CNC1.Cc1ccc(NS(C)(=O)=O)c(C(=O)N2CCCC[C@H]2c2cc3nc(Cl)c(C)cn3n2)c1.Cc1ccc(NS(C)(=O)=O)c(C(=O)N2CCCC[C@H]2c2cc3nc(N4CC(NC(=O)OC(C)(C)C)C4)c(C)cn3n2)c1.Cl. The number of sulfonamides is 2. The third kappa shape index (κ3) is 18.5. The van der Waals surface area contributed by atoms with Gasteiger partial charge < -0.3 is 40.1 Å². The Labute approximate surface area is 521 Å². The number of alkyl carbamates (subject to hydrolysis) is 2. The Kier molecular flexibility index (Phi) is 22.2. The first kappa shape index (κ1) is 69.1. The van der Waals surface area contributed by atoms with Crippen LogP contribution in [0.5, 0.6) is 0 Å². The van der Waals surface area contributed by atoms with E-state index < -0.39 is 37.3 Å². The van der Waals surface area contributed by atoms with E-state index in [0.717, 1.165) is 104 Å². The van der Waals surface area contributed by atoms with E-state index >= 15 is 0 Å². The van der Waals surface area contributed by atoms with Crippen LogP contribution in [0.25, 0.3) is 11.3 Å². The smallest absolute Gasteiger partial charge is 0.407 e. The lowest BCUT2D eigenvalue weighted by atomic mass is 9.97. The minimum atomic E-state index is -3.57. The molecule has 0 saturated carbocycles. The number of amides is 4. The largest absolute Gasteiger partial charge is 0.444 e. The summed E-state index contributed by atoms with van der Waals surface area (Å²) in [6.07, 6.45) is 10.3. The summed E-state index contributed by atoms with van der Waals surface area (Å²) in [5.74, 6) is 0.364. The number of nitrogens with one attached hydrogen (secondary N) is 5. The molecule has 0 aliphatic carbocycles. The molecule has 0 spiro atoms. The number of fused-ring (bicyclic) bond motifs is 2. The molecule has 2 atom stereocenters. The Balaban J connectivity index is 0.000000235. The van der Waals surface area contributed by atoms with Crippen molar-refractivity contribution in [3.05, 3.63) is 111 Å². The summed E-state index contributed by atoms with van der Waals surface area (Å²) < 4.78 is 66.4. The molecule has 4 amide bonds. The van der Waals surface area contributed by atoms with E-state index in [1.54, 1.807) is 55.2 Å². The average Bonchev–Trinajstić information content (AvgIpc) is 2.00. The third-order valence-electron chi connectivity index (χ3n) is 14.2. The van der Waals surface area contributed by atoms with Crippen molar-refractivity contribution in [1.82, 2.24) is 54.9 Å². The molecule has 4 aliphatic heterocycles. The number of aryl methyl sites for hydroxylation is 4. The second-order valence-electron chi connectivity index (χ2n) is 24.3. The molecule has 6 aromatic rings. The molecule has 2 aromatic carbocycles. The second-order valence-corrected chi connectivity index (χ2v) is 28.2. The van der Waals surface area contributed by atoms with Gasteiger partial charge in [-0.25, -0.2) is 45.4 Å². The van der Waals surface area contributed by atoms with Crippen LogP contribution in [0.4, 0.5) is 26.8 Å². The number of benzene rings is 2. The van der Waals surface area contributed by atoms with Gasteiger partial charge in [0.25, 0.3) is 11.8 Å². The first-order valence-electron chi connectivity index (χ1n) is 28.4. The van der Waals surface area contributed by atoms with E-state index in [1.165, 1.54) is 0 Å². The van der Waals surface area contributed by atoms with Gasteiger partial charge in [0.1, 0.15) is 22.2 Å². The number of anilines is 3. The van der Waals surface area contributed by atoms with Crippen LogP contribution in [-0.2, 0) is 29.5 Å². The van der Waals surface area contributed by atoms with Gasteiger partial charge in [0, 0.05) is 74.9 Å². The molecule has 24 nitrogen and oxygen atoms in total. The van der Waals surface area contributed by atoms with Crippen molar-refractivity contribution < 1.29 is 45.5 Å². The van der Waals surface area contributed by atoms with Gasteiger partial charge >= 0.3 is 12.2 Å². The van der Waals surface area contributed by atoms with Gasteiger partial charge in [-0.05, 0) is 132 Å². The van der Waals surface area contributed by atoms with E-state index in [2.05, 4.69) is 40.4 Å². The number of likely N-dealkylation sites (tertiary alicyclic amines) is 2. The topological polar surface area (TPSA) is 285 Å². The zero-order valence-electron chi connectivity index (χ0n) is 50.8. The number of ether oxygens (including phenoxy) is 2. The molecule has 4 saturated heterocycles. The first-order chi connectivity index (χ1) is 39.8. The monoisotopic (exact) mass is 1280 g/mol. The van der Waals surface area contributed by atoms with Gasteiger partial charge in [-0.15, -0.1) is 12.4 Å². The fraction of sp³-hybridized carbons (Fsp3) is 0.525. The molecule has 0 radical (unpaired) electrons. The van der Waals surface area contributed by atoms with Gasteiger partial charge in [0.2, 0.25) is 20.0 Å². The van der Waals surface area contributed by atoms with Crippen LogP contribution in [0.1, 0.15) is 154 Å². The van der Waals surface area contributed by atoms with Crippen LogP contribution in [0, 0.1) is 27.7 Å². The normalized spacial score (nSPS) is 17.4. The lowest BCUT2D eigenvalue weighted by Crippen LogP contribution is -2.60. The third-order valence-corrected chi connectivity index (χ3v) is 15.8. The summed E-state index contributed by atoms with van der Waals surface area (Å²) in [6, 6.07) is 13.8. The van der Waals surface area contributed by atoms with Gasteiger partial charge in [-0.3, -0.25) is 19.0 Å². The molecule has 476 valence electrons. The fourth-order valence-corrected chi connectivity index (χ4v) is 11.6. The number of halogens is 2. The molecule has 5 N–H and O–H groups in total. The van der Waals surface area contributed by atoms with Gasteiger partial charge in [0.15, 0.2) is 11.3 Å². The van der Waals surface area contributed by atoms with Crippen LogP contribution in [0.15, 0.2) is 60.9 Å². The lowest BCUT2D eigenvalue weighted by molar-refractivity contribution is 0.0479. The molecule has 87 heavy (non-hydrogen) atoms. The average molecular weight is 1280 g/mol. The molecule has 4 aromatic heterocycles. The van der Waals surface area contributed by atoms with Gasteiger partial charge in [0.05, 0.1) is 70.6 Å². The van der Waals surface area contributed by atoms with Crippen LogP contribution in [0.2, 0.25) is 5.15 Å². The molecule has 4 fully saturated rings. The standard InChI is InChI=1S/C29H39N7O5S.C21H24ClN5O3S.C8H16N2O2.CH4.ClH/c1-18-10-11-22(33-42(6,39)40)21(13-18)27(37)35-12-8-7-9-24(35)23-14-25-31-26(19(2)15-36(25)32-23)34-16-20(17-34)30-28(38)41-29(3,4)5;1-13-7-8-16(25-31(3,29)30)15(10-13)21(28)26-9-5-4-6-18(26)17-11-19-23-20(22)14(2)12-27(19)24-17;1-8(2,3)12-7(11)10-6-4-9-5-6;;/h10-11,13-15,20,24,33H,7-9,12,16-17H2,1-6H3,(H,30,38);7-8,10-12,18,25H,4-6,9H2,1-3H3;6,9H,4-5H2,1-3H3,(H,10,11);1H4;1H/t24-;18-;;;/m00.../s1. The van der Waals surface area contributed by atoms with Crippen molar-refractivity contribution in [2.24, 2.45) is 0 Å². The quantitative estimate of drug-likeness (QED) is 0.0756. The number of nitrogens with zero attached hydrogens (tertiary/aromatic N) is 9. The van der Waals surface area contributed by atoms with Gasteiger partial charge in [-0.2, -0.15) is 10.2 Å². The number of piperidine rings is 2. The Morgan fingerprint density at radius 2 is 1.05 bits per heavy atom. The Bertz CT molecular complexity index is 3670. The summed E-state index contributed by atoms with van der Waals surface area (Å²) in [6.45, 7) is 22.7. The number of hydrogen-bond acceptors (Lipinski definition) is 16. The number of hydrogen-bond donors (Lipinski definition) is 5. The van der Waals surface area contributed by atoms with Crippen LogP contribution >= 0.6 is 24.0 Å². The highest BCUT2D eigenvalue weighted by atomic mass is 35.5. The number of carbonyl (C=O) groups excluding carboxylic acids is 4. The molecule has 10 rings (SSSR count). The van der Waals surface area contributed by atoms with Crippen molar-refractivity contribution in [2.45, 2.75) is 151 Å². The maximum absolute atomic E-state index is 13.9. The Hall–Kier alpha value is -7.00. The fourth-order valence-electron chi connectivity index (χ4n) is 10.3. The Morgan fingerprint density at radius 1 is 0.621 bits per heavy atom. The van der Waals surface area contributed by atoms with E-state index in [4.69, 9.17) is 31.2 Å². The highest BCUT2D eigenvalue weighted by Gasteiger charge is 2.36. The molecule has 0 unspecified atom stereocenters. The zero-order valence-corrected chi connectivity index (χ0v) is 54.0. The summed E-state index contributed by atoms with van der Waals surface area (Å²) in [7, 11) is -7.09. The van der Waals surface area contributed by atoms with E-state index in [-0.39, 0.29) is 73.3 Å². The van der Waals surface area contributed by atoms with E-state index in [0.29, 0.717) is 53.8 Å². The van der Waals surface area contributed by atoms with Crippen LogP contribution < -0.4 is 30.3 Å². The molecule has 28 heteroatoms. The maximum Gasteiger partial charge on any atom is 0.407 e.